The summed E-state index contributed by atoms with van der Waals surface area (Å²) in [6, 6.07) is 50.7. The first kappa shape index (κ1) is 21.7. The van der Waals surface area contributed by atoms with Crippen LogP contribution < -0.4 is 0 Å². The molecule has 0 saturated heterocycles. The Morgan fingerprint density at radius 1 is 0.368 bits per heavy atom. The van der Waals surface area contributed by atoms with Crippen LogP contribution in [0.3, 0.4) is 0 Å². The van der Waals surface area contributed by atoms with Crippen LogP contribution in [0.1, 0.15) is 22.3 Å². The van der Waals surface area contributed by atoms with Crippen molar-refractivity contribution >= 4 is 11.6 Å². The molecule has 0 aliphatic heterocycles. The van der Waals surface area contributed by atoms with E-state index in [2.05, 4.69) is 121 Å². The summed E-state index contributed by atoms with van der Waals surface area (Å²) in [4.78, 5) is 0. The van der Waals surface area contributed by atoms with Crippen molar-refractivity contribution in [2.24, 2.45) is 0 Å². The molecule has 0 bridgehead atoms. The number of hydrogen-bond acceptors (Lipinski definition) is 0. The molecule has 38 heavy (non-hydrogen) atoms. The zero-order valence-corrected chi connectivity index (χ0v) is 21.4. The third-order valence-corrected chi connectivity index (χ3v) is 8.59. The Morgan fingerprint density at radius 3 is 1.53 bits per heavy atom. The van der Waals surface area contributed by atoms with Crippen LogP contribution in [0.25, 0.3) is 44.5 Å². The summed E-state index contributed by atoms with van der Waals surface area (Å²) in [5.41, 5.74) is 15.2. The van der Waals surface area contributed by atoms with Gasteiger partial charge in [-0.05, 0) is 85.0 Å². The monoisotopic (exact) mass is 502 g/mol. The summed E-state index contributed by atoms with van der Waals surface area (Å²) in [5.74, 6) is 0. The van der Waals surface area contributed by atoms with Crippen LogP contribution in [-0.4, -0.2) is 0 Å². The van der Waals surface area contributed by atoms with Crippen molar-refractivity contribution in [3.8, 4) is 44.5 Å². The average molecular weight is 503 g/mol. The first-order chi connectivity index (χ1) is 18.8. The number of benzene rings is 6. The van der Waals surface area contributed by atoms with E-state index in [1.54, 1.807) is 0 Å². The molecule has 2 aliphatic rings. The van der Waals surface area contributed by atoms with Gasteiger partial charge in [-0.25, -0.2) is 0 Å². The second-order valence-electron chi connectivity index (χ2n) is 10.2. The maximum atomic E-state index is 6.34. The largest absolute Gasteiger partial charge is 0.0843 e. The van der Waals surface area contributed by atoms with E-state index in [9.17, 15) is 0 Å². The van der Waals surface area contributed by atoms with Crippen LogP contribution in [0.2, 0.25) is 5.02 Å². The van der Waals surface area contributed by atoms with Gasteiger partial charge in [0.1, 0.15) is 0 Å². The average Bonchev–Trinajstić information content (AvgIpc) is 3.45. The predicted octanol–water partition coefficient (Wildman–Crippen LogP) is 10.0. The third kappa shape index (κ3) is 2.81. The first-order valence-corrected chi connectivity index (χ1v) is 13.4. The van der Waals surface area contributed by atoms with E-state index < -0.39 is 0 Å². The molecule has 0 fully saturated rings. The minimum absolute atomic E-state index is 0.320. The quantitative estimate of drug-likeness (QED) is 0.220. The van der Waals surface area contributed by atoms with Gasteiger partial charge < -0.3 is 0 Å². The smallest absolute Gasteiger partial charge is 0.0725 e. The van der Waals surface area contributed by atoms with E-state index >= 15 is 0 Å². The summed E-state index contributed by atoms with van der Waals surface area (Å²) in [7, 11) is 0. The van der Waals surface area contributed by atoms with Crippen molar-refractivity contribution < 1.29 is 0 Å². The molecule has 0 heterocycles. The molecule has 0 amide bonds. The lowest BCUT2D eigenvalue weighted by Gasteiger charge is -2.30. The minimum atomic E-state index is -0.320. The fraction of sp³-hybridized carbons (Fsp3) is 0.0270. The SMILES string of the molecule is Clc1cccc(-c2cccc(-c3cccc4c3-c3ccccc3C43c4ccccc4-c4ccccc43)c2)c1. The second-order valence-corrected chi connectivity index (χ2v) is 10.6. The van der Waals surface area contributed by atoms with Crippen LogP contribution in [0, 0.1) is 0 Å². The normalized spacial score (nSPS) is 13.6. The Balaban J connectivity index is 1.44. The molecule has 0 saturated carbocycles. The van der Waals surface area contributed by atoms with Gasteiger partial charge in [0.05, 0.1) is 5.41 Å². The van der Waals surface area contributed by atoms with Crippen LogP contribution in [0.4, 0.5) is 0 Å². The molecule has 0 N–H and O–H groups in total. The van der Waals surface area contributed by atoms with Crippen LogP contribution in [-0.2, 0) is 5.41 Å². The highest BCUT2D eigenvalue weighted by Crippen LogP contribution is 2.63. The van der Waals surface area contributed by atoms with Crippen molar-refractivity contribution in [3.05, 3.63) is 167 Å². The van der Waals surface area contributed by atoms with E-state index in [4.69, 9.17) is 11.6 Å². The molecule has 6 aromatic rings. The third-order valence-electron chi connectivity index (χ3n) is 8.35. The van der Waals surface area contributed by atoms with Gasteiger partial charge in [-0.3, -0.25) is 0 Å². The molecule has 0 unspecified atom stereocenters. The number of hydrogen-bond donors (Lipinski definition) is 0. The van der Waals surface area contributed by atoms with E-state index in [0.29, 0.717) is 0 Å². The number of rotatable bonds is 2. The van der Waals surface area contributed by atoms with Gasteiger partial charge in [0.15, 0.2) is 0 Å². The molecule has 0 nitrogen and oxygen atoms in total. The predicted molar refractivity (Wildman–Crippen MR) is 159 cm³/mol. The topological polar surface area (TPSA) is 0 Å². The maximum Gasteiger partial charge on any atom is 0.0725 e. The number of fused-ring (bicyclic) bond motifs is 10. The zero-order chi connectivity index (χ0) is 25.3. The highest BCUT2D eigenvalue weighted by Gasteiger charge is 2.51. The summed E-state index contributed by atoms with van der Waals surface area (Å²) >= 11 is 6.34. The van der Waals surface area contributed by atoms with Gasteiger partial charge in [-0.15, -0.1) is 0 Å². The van der Waals surface area contributed by atoms with Crippen molar-refractivity contribution in [3.63, 3.8) is 0 Å². The molecule has 6 aromatic carbocycles. The Labute approximate surface area is 227 Å². The van der Waals surface area contributed by atoms with Gasteiger partial charge in [0.2, 0.25) is 0 Å². The van der Waals surface area contributed by atoms with Crippen LogP contribution in [0.5, 0.6) is 0 Å². The molecule has 8 rings (SSSR count). The van der Waals surface area contributed by atoms with E-state index in [0.717, 1.165) is 10.6 Å². The molecule has 178 valence electrons. The lowest BCUT2D eigenvalue weighted by Crippen LogP contribution is -2.25. The summed E-state index contributed by atoms with van der Waals surface area (Å²) in [6.07, 6.45) is 0. The molecule has 0 atom stereocenters. The van der Waals surface area contributed by atoms with Crippen molar-refractivity contribution in [2.75, 3.05) is 0 Å². The molecular formula is C37H23Cl. The minimum Gasteiger partial charge on any atom is -0.0843 e. The molecule has 1 heteroatoms. The van der Waals surface area contributed by atoms with Crippen molar-refractivity contribution in [1.82, 2.24) is 0 Å². The van der Waals surface area contributed by atoms with Gasteiger partial charge in [0, 0.05) is 5.02 Å². The molecule has 2 aliphatic carbocycles. The van der Waals surface area contributed by atoms with E-state index in [-0.39, 0.29) is 5.41 Å². The van der Waals surface area contributed by atoms with Gasteiger partial charge >= 0.3 is 0 Å². The maximum absolute atomic E-state index is 6.34. The van der Waals surface area contributed by atoms with Crippen molar-refractivity contribution in [2.45, 2.75) is 5.41 Å². The lowest BCUT2D eigenvalue weighted by atomic mass is 9.70. The zero-order valence-electron chi connectivity index (χ0n) is 20.7. The molecule has 0 radical (unpaired) electrons. The highest BCUT2D eigenvalue weighted by atomic mass is 35.5. The fourth-order valence-corrected chi connectivity index (χ4v) is 7.11. The van der Waals surface area contributed by atoms with Gasteiger partial charge in [0.25, 0.3) is 0 Å². The van der Waals surface area contributed by atoms with Crippen molar-refractivity contribution in [1.29, 1.82) is 0 Å². The summed E-state index contributed by atoms with van der Waals surface area (Å²) < 4.78 is 0. The summed E-state index contributed by atoms with van der Waals surface area (Å²) in [5, 5.41) is 0.753. The van der Waals surface area contributed by atoms with Gasteiger partial charge in [-0.1, -0.05) is 133 Å². The molecular weight excluding hydrogens is 480 g/mol. The lowest BCUT2D eigenvalue weighted by molar-refractivity contribution is 0.794. The van der Waals surface area contributed by atoms with Crippen LogP contribution >= 0.6 is 11.6 Å². The van der Waals surface area contributed by atoms with Crippen LogP contribution in [0.15, 0.2) is 140 Å². The van der Waals surface area contributed by atoms with Gasteiger partial charge in [-0.2, -0.15) is 0 Å². The fourth-order valence-electron chi connectivity index (χ4n) is 6.92. The molecule has 1 spiro atoms. The summed E-state index contributed by atoms with van der Waals surface area (Å²) in [6.45, 7) is 0. The Morgan fingerprint density at radius 2 is 0.842 bits per heavy atom. The second kappa shape index (κ2) is 8.05. The van der Waals surface area contributed by atoms with E-state index in [1.807, 2.05) is 18.2 Å². The Kier molecular flexibility index (Phi) is 4.59. The number of halogens is 1. The van der Waals surface area contributed by atoms with E-state index in [1.165, 1.54) is 61.2 Å². The first-order valence-electron chi connectivity index (χ1n) is 13.1. The standard InChI is InChI=1S/C37H23Cl/c38-27-13-8-11-25(23-27)24-10-7-12-26(22-24)28-17-9-21-35-36(28)31-16-3-6-20-34(31)37(35)32-18-4-1-14-29(32)30-15-2-5-19-33(30)37/h1-23H. The molecule has 0 aromatic heterocycles. The highest BCUT2D eigenvalue weighted by molar-refractivity contribution is 6.30. The Hall–Kier alpha value is -4.39. The Bertz CT molecular complexity index is 1850.